The Morgan fingerprint density at radius 2 is 1.59 bits per heavy atom. The van der Waals surface area contributed by atoms with Gasteiger partial charge in [-0.3, -0.25) is 0 Å². The van der Waals surface area contributed by atoms with Crippen LogP contribution in [0.4, 0.5) is 0 Å². The first-order valence-corrected chi connectivity index (χ1v) is 6.45. The van der Waals surface area contributed by atoms with E-state index in [1.165, 1.54) is 6.07 Å². The highest BCUT2D eigenvalue weighted by molar-refractivity contribution is 7.89. The van der Waals surface area contributed by atoms with E-state index in [0.29, 0.717) is 5.56 Å². The molecule has 0 aliphatic heterocycles. The van der Waals surface area contributed by atoms with Gasteiger partial charge in [-0.05, 0) is 11.6 Å². The fourth-order valence-electron chi connectivity index (χ4n) is 1.60. The predicted molar refractivity (Wildman–Crippen MR) is 64.9 cm³/mol. The van der Waals surface area contributed by atoms with Crippen LogP contribution in [-0.2, 0) is 10.0 Å². The van der Waals surface area contributed by atoms with Crippen molar-refractivity contribution < 1.29 is 13.5 Å². The van der Waals surface area contributed by atoms with Crippen LogP contribution in [0.15, 0.2) is 53.4 Å². The van der Waals surface area contributed by atoms with Gasteiger partial charge >= 0.3 is 0 Å². The van der Waals surface area contributed by atoms with Crippen molar-refractivity contribution in [1.82, 2.24) is 0 Å². The summed E-state index contributed by atoms with van der Waals surface area (Å²) in [5, 5.41) is 14.9. The molecule has 0 aliphatic carbocycles. The van der Waals surface area contributed by atoms with E-state index in [0.717, 1.165) is 5.56 Å². The molecule has 0 atom stereocenters. The number of benzene rings is 2. The maximum Gasteiger partial charge on any atom is 0.241 e. The number of phenolic OH excluding ortho intramolecular Hbond substituents is 1. The van der Waals surface area contributed by atoms with E-state index in [2.05, 4.69) is 0 Å². The molecule has 4 nitrogen and oxygen atoms in total. The topological polar surface area (TPSA) is 80.4 Å². The third-order valence-electron chi connectivity index (χ3n) is 2.39. The lowest BCUT2D eigenvalue weighted by atomic mass is 10.1. The van der Waals surface area contributed by atoms with Crippen LogP contribution in [0.1, 0.15) is 0 Å². The molecule has 0 amide bonds. The molecule has 0 radical (unpaired) electrons. The summed E-state index contributed by atoms with van der Waals surface area (Å²) in [7, 11) is -3.91. The fourth-order valence-corrected chi connectivity index (χ4v) is 2.25. The summed E-state index contributed by atoms with van der Waals surface area (Å²) in [6, 6.07) is 13.5. The molecular weight excluding hydrogens is 238 g/mol. The second-order valence-corrected chi connectivity index (χ2v) is 5.09. The molecule has 88 valence electrons. The summed E-state index contributed by atoms with van der Waals surface area (Å²) < 4.78 is 22.5. The van der Waals surface area contributed by atoms with Crippen LogP contribution in [0.2, 0.25) is 0 Å². The van der Waals surface area contributed by atoms with Gasteiger partial charge in [-0.25, -0.2) is 13.6 Å². The minimum Gasteiger partial charge on any atom is -0.506 e. The summed E-state index contributed by atoms with van der Waals surface area (Å²) in [4.78, 5) is -0.265. The van der Waals surface area contributed by atoms with Crippen LogP contribution < -0.4 is 5.14 Å². The third kappa shape index (κ3) is 2.30. The molecule has 5 heteroatoms. The Morgan fingerprint density at radius 1 is 0.941 bits per heavy atom. The van der Waals surface area contributed by atoms with E-state index < -0.39 is 10.0 Å². The van der Waals surface area contributed by atoms with Gasteiger partial charge in [0, 0.05) is 5.56 Å². The highest BCUT2D eigenvalue weighted by Gasteiger charge is 2.16. The van der Waals surface area contributed by atoms with E-state index in [-0.39, 0.29) is 10.6 Å². The molecule has 0 saturated carbocycles. The number of primary sulfonamides is 1. The summed E-state index contributed by atoms with van der Waals surface area (Å²) in [6.45, 7) is 0. The Labute approximate surface area is 99.4 Å². The van der Waals surface area contributed by atoms with Crippen molar-refractivity contribution in [3.8, 4) is 16.9 Å². The zero-order valence-electron chi connectivity index (χ0n) is 8.87. The van der Waals surface area contributed by atoms with Crippen LogP contribution in [0.3, 0.4) is 0 Å². The van der Waals surface area contributed by atoms with E-state index in [1.54, 1.807) is 36.4 Å². The van der Waals surface area contributed by atoms with Gasteiger partial charge in [0.25, 0.3) is 0 Å². The predicted octanol–water partition coefficient (Wildman–Crippen LogP) is 1.71. The molecule has 0 fully saturated rings. The molecule has 0 saturated heterocycles. The normalized spacial score (nSPS) is 11.4. The first-order valence-electron chi connectivity index (χ1n) is 4.90. The second kappa shape index (κ2) is 4.20. The van der Waals surface area contributed by atoms with Crippen LogP contribution in [0, 0.1) is 0 Å². The van der Waals surface area contributed by atoms with Gasteiger partial charge in [0.15, 0.2) is 0 Å². The van der Waals surface area contributed by atoms with Crippen LogP contribution in [-0.4, -0.2) is 13.5 Å². The Hall–Kier alpha value is -1.85. The Morgan fingerprint density at radius 3 is 2.18 bits per heavy atom. The quantitative estimate of drug-likeness (QED) is 0.850. The average molecular weight is 249 g/mol. The monoisotopic (exact) mass is 249 g/mol. The van der Waals surface area contributed by atoms with Crippen molar-refractivity contribution in [2.75, 3.05) is 0 Å². The van der Waals surface area contributed by atoms with Gasteiger partial charge in [-0.15, -0.1) is 0 Å². The maximum absolute atomic E-state index is 11.3. The van der Waals surface area contributed by atoms with Crippen molar-refractivity contribution in [3.63, 3.8) is 0 Å². The summed E-state index contributed by atoms with van der Waals surface area (Å²) in [5.74, 6) is -0.318. The van der Waals surface area contributed by atoms with Crippen LogP contribution in [0.5, 0.6) is 5.75 Å². The van der Waals surface area contributed by atoms with Gasteiger partial charge in [0.1, 0.15) is 10.6 Å². The SMILES string of the molecule is NS(=O)(=O)c1cccc(-c2ccccc2)c1O. The Bertz CT molecular complexity index is 636. The molecule has 17 heavy (non-hydrogen) atoms. The molecule has 0 spiro atoms. The lowest BCUT2D eigenvalue weighted by Gasteiger charge is -2.08. The standard InChI is InChI=1S/C12H11NO3S/c13-17(15,16)11-8-4-7-10(12(11)14)9-5-2-1-3-6-9/h1-8,14H,(H2,13,15,16). The molecule has 0 aromatic heterocycles. The maximum atomic E-state index is 11.3. The van der Waals surface area contributed by atoms with Crippen molar-refractivity contribution in [2.45, 2.75) is 4.90 Å². The lowest BCUT2D eigenvalue weighted by molar-refractivity contribution is 0.461. The molecule has 0 bridgehead atoms. The second-order valence-electron chi connectivity index (χ2n) is 3.56. The number of hydrogen-bond acceptors (Lipinski definition) is 3. The summed E-state index contributed by atoms with van der Waals surface area (Å²) in [5.41, 5.74) is 1.17. The van der Waals surface area contributed by atoms with Crippen molar-refractivity contribution >= 4 is 10.0 Å². The summed E-state index contributed by atoms with van der Waals surface area (Å²) >= 11 is 0. The number of nitrogens with two attached hydrogens (primary N) is 1. The molecule has 2 rings (SSSR count). The van der Waals surface area contributed by atoms with E-state index in [4.69, 9.17) is 5.14 Å². The number of aromatic hydroxyl groups is 1. The number of sulfonamides is 1. The molecular formula is C12H11NO3S. The van der Waals surface area contributed by atoms with E-state index in [9.17, 15) is 13.5 Å². The molecule has 3 N–H and O–H groups in total. The molecule has 2 aromatic rings. The van der Waals surface area contributed by atoms with E-state index in [1.807, 2.05) is 6.07 Å². The zero-order valence-corrected chi connectivity index (χ0v) is 9.68. The van der Waals surface area contributed by atoms with Crippen LogP contribution >= 0.6 is 0 Å². The molecule has 2 aromatic carbocycles. The highest BCUT2D eigenvalue weighted by atomic mass is 32.2. The van der Waals surface area contributed by atoms with Gasteiger partial charge < -0.3 is 5.11 Å². The summed E-state index contributed by atoms with van der Waals surface area (Å²) in [6.07, 6.45) is 0. The number of phenols is 1. The van der Waals surface area contributed by atoms with Gasteiger partial charge in [0.2, 0.25) is 10.0 Å². The molecule has 0 heterocycles. The minimum atomic E-state index is -3.91. The van der Waals surface area contributed by atoms with Crippen molar-refractivity contribution in [1.29, 1.82) is 0 Å². The van der Waals surface area contributed by atoms with Gasteiger partial charge in [0.05, 0.1) is 0 Å². The molecule has 0 unspecified atom stereocenters. The van der Waals surface area contributed by atoms with Crippen molar-refractivity contribution in [2.24, 2.45) is 5.14 Å². The van der Waals surface area contributed by atoms with Gasteiger partial charge in [-0.2, -0.15) is 0 Å². The van der Waals surface area contributed by atoms with E-state index >= 15 is 0 Å². The average Bonchev–Trinajstić information content (AvgIpc) is 2.29. The zero-order chi connectivity index (χ0) is 12.5. The van der Waals surface area contributed by atoms with Crippen LogP contribution in [0.25, 0.3) is 11.1 Å². The smallest absolute Gasteiger partial charge is 0.241 e. The highest BCUT2D eigenvalue weighted by Crippen LogP contribution is 2.33. The lowest BCUT2D eigenvalue weighted by Crippen LogP contribution is -2.12. The third-order valence-corrected chi connectivity index (χ3v) is 3.33. The first kappa shape index (κ1) is 11.6. The number of para-hydroxylation sites is 1. The Kier molecular flexibility index (Phi) is 2.87. The first-order chi connectivity index (χ1) is 8.00. The molecule has 0 aliphatic rings. The van der Waals surface area contributed by atoms with Gasteiger partial charge in [-0.1, -0.05) is 42.5 Å². The minimum absolute atomic E-state index is 0.265. The number of rotatable bonds is 2. The fraction of sp³-hybridized carbons (Fsp3) is 0. The Balaban J connectivity index is 2.67. The largest absolute Gasteiger partial charge is 0.506 e. The number of hydrogen-bond donors (Lipinski definition) is 2. The van der Waals surface area contributed by atoms with Crippen molar-refractivity contribution in [3.05, 3.63) is 48.5 Å².